The van der Waals surface area contributed by atoms with Crippen LogP contribution in [0.5, 0.6) is 0 Å². The Morgan fingerprint density at radius 2 is 2.25 bits per heavy atom. The predicted octanol–water partition coefficient (Wildman–Crippen LogP) is 3.00. The lowest BCUT2D eigenvalue weighted by Crippen LogP contribution is -2.29. The van der Waals surface area contributed by atoms with Crippen LogP contribution < -0.4 is 0 Å². The van der Waals surface area contributed by atoms with Crippen LogP contribution in [0.3, 0.4) is 0 Å². The molecule has 0 aromatic carbocycles. The number of thiophene rings is 1. The summed E-state index contributed by atoms with van der Waals surface area (Å²) >= 11 is 1.63. The van der Waals surface area contributed by atoms with Crippen molar-refractivity contribution in [1.29, 1.82) is 0 Å². The molecule has 0 aliphatic carbocycles. The Kier molecular flexibility index (Phi) is 2.91. The van der Waals surface area contributed by atoms with E-state index >= 15 is 0 Å². The number of rotatable bonds is 3. The van der Waals surface area contributed by atoms with Gasteiger partial charge in [-0.1, -0.05) is 26.8 Å². The minimum atomic E-state index is -0.617. The average Bonchev–Trinajstić information content (AvgIpc) is 2.54. The topological polar surface area (TPSA) is 20.2 Å². The smallest absolute Gasteiger partial charge is 0.101 e. The summed E-state index contributed by atoms with van der Waals surface area (Å²) in [6.45, 7) is 6.14. The highest BCUT2D eigenvalue weighted by Gasteiger charge is 2.31. The molecule has 1 aromatic rings. The molecule has 1 atom stereocenters. The van der Waals surface area contributed by atoms with E-state index in [9.17, 15) is 5.11 Å². The van der Waals surface area contributed by atoms with Gasteiger partial charge in [0, 0.05) is 4.88 Å². The van der Waals surface area contributed by atoms with Crippen molar-refractivity contribution < 1.29 is 5.11 Å². The maximum atomic E-state index is 10.3. The third-order valence-corrected chi connectivity index (χ3v) is 3.48. The van der Waals surface area contributed by atoms with Gasteiger partial charge in [0.15, 0.2) is 0 Å². The molecule has 0 fully saturated rings. The summed E-state index contributed by atoms with van der Waals surface area (Å²) in [5.74, 6) is 0.279. The number of hydrogen-bond donors (Lipinski definition) is 1. The predicted molar refractivity (Wildman–Crippen MR) is 53.3 cm³/mol. The van der Waals surface area contributed by atoms with Crippen LogP contribution in [0.25, 0.3) is 0 Å². The van der Waals surface area contributed by atoms with Crippen molar-refractivity contribution in [3.63, 3.8) is 0 Å². The normalized spacial score (nSPS) is 16.4. The van der Waals surface area contributed by atoms with Gasteiger partial charge in [0.05, 0.1) is 0 Å². The Morgan fingerprint density at radius 3 is 2.58 bits per heavy atom. The first-order valence-corrected chi connectivity index (χ1v) is 5.25. The molecule has 12 heavy (non-hydrogen) atoms. The maximum absolute atomic E-state index is 10.3. The molecule has 1 nitrogen and oxygen atoms in total. The molecule has 0 spiro atoms. The highest BCUT2D eigenvalue weighted by atomic mass is 32.1. The van der Waals surface area contributed by atoms with E-state index < -0.39 is 5.60 Å². The van der Waals surface area contributed by atoms with Gasteiger partial charge in [-0.2, -0.15) is 0 Å². The largest absolute Gasteiger partial charge is 0.384 e. The second kappa shape index (κ2) is 3.58. The second-order valence-corrected chi connectivity index (χ2v) is 4.36. The molecule has 0 amide bonds. The van der Waals surface area contributed by atoms with Crippen molar-refractivity contribution in [2.24, 2.45) is 5.92 Å². The fourth-order valence-electron chi connectivity index (χ4n) is 1.39. The molecule has 1 heterocycles. The van der Waals surface area contributed by atoms with Crippen molar-refractivity contribution in [2.45, 2.75) is 32.8 Å². The highest BCUT2D eigenvalue weighted by Crippen LogP contribution is 2.35. The molecule has 0 aliphatic heterocycles. The van der Waals surface area contributed by atoms with Crippen LogP contribution in [0.2, 0.25) is 0 Å². The van der Waals surface area contributed by atoms with Gasteiger partial charge in [0.2, 0.25) is 0 Å². The van der Waals surface area contributed by atoms with Crippen LogP contribution in [0.1, 0.15) is 32.1 Å². The van der Waals surface area contributed by atoms with Gasteiger partial charge in [0.25, 0.3) is 0 Å². The molecule has 0 aliphatic rings. The van der Waals surface area contributed by atoms with E-state index in [0.29, 0.717) is 0 Å². The monoisotopic (exact) mass is 184 g/mol. The molecule has 0 bridgehead atoms. The third kappa shape index (κ3) is 1.54. The van der Waals surface area contributed by atoms with Crippen LogP contribution in [0, 0.1) is 5.92 Å². The Labute approximate surface area is 78.1 Å². The van der Waals surface area contributed by atoms with Gasteiger partial charge < -0.3 is 5.11 Å². The zero-order valence-electron chi connectivity index (χ0n) is 7.87. The zero-order valence-corrected chi connectivity index (χ0v) is 8.69. The van der Waals surface area contributed by atoms with Crippen molar-refractivity contribution >= 4 is 11.3 Å². The molecular weight excluding hydrogens is 168 g/mol. The quantitative estimate of drug-likeness (QED) is 0.765. The first kappa shape index (κ1) is 9.75. The van der Waals surface area contributed by atoms with Crippen molar-refractivity contribution in [3.8, 4) is 0 Å². The molecule has 0 saturated heterocycles. The lowest BCUT2D eigenvalue weighted by molar-refractivity contribution is -0.0105. The lowest BCUT2D eigenvalue weighted by Gasteiger charge is -2.29. The fourth-order valence-corrected chi connectivity index (χ4v) is 2.44. The summed E-state index contributed by atoms with van der Waals surface area (Å²) in [5, 5.41) is 12.3. The van der Waals surface area contributed by atoms with E-state index in [1.165, 1.54) is 0 Å². The summed E-state index contributed by atoms with van der Waals surface area (Å²) in [4.78, 5) is 1.08. The SMILES string of the molecule is CCC(O)(c1cccs1)C(C)C. The minimum Gasteiger partial charge on any atom is -0.384 e. The Balaban J connectivity index is 2.96. The van der Waals surface area contributed by atoms with Crippen LogP contribution in [0.4, 0.5) is 0 Å². The van der Waals surface area contributed by atoms with Gasteiger partial charge >= 0.3 is 0 Å². The Bertz CT molecular complexity index is 228. The van der Waals surface area contributed by atoms with Crippen LogP contribution in [-0.4, -0.2) is 5.11 Å². The molecule has 68 valence electrons. The lowest BCUT2D eigenvalue weighted by atomic mass is 9.86. The third-order valence-electron chi connectivity index (χ3n) is 2.44. The van der Waals surface area contributed by atoms with Gasteiger partial charge in [-0.25, -0.2) is 0 Å². The van der Waals surface area contributed by atoms with E-state index in [2.05, 4.69) is 13.8 Å². The first-order valence-electron chi connectivity index (χ1n) is 4.37. The molecular formula is C10H16OS. The molecule has 2 heteroatoms. The average molecular weight is 184 g/mol. The zero-order chi connectivity index (χ0) is 9.19. The Hall–Kier alpha value is -0.340. The van der Waals surface area contributed by atoms with E-state index in [1.54, 1.807) is 11.3 Å². The molecule has 1 aromatic heterocycles. The van der Waals surface area contributed by atoms with Crippen LogP contribution >= 0.6 is 11.3 Å². The van der Waals surface area contributed by atoms with Gasteiger partial charge in [-0.3, -0.25) is 0 Å². The van der Waals surface area contributed by atoms with E-state index in [-0.39, 0.29) is 5.92 Å². The summed E-state index contributed by atoms with van der Waals surface area (Å²) in [6, 6.07) is 4.00. The van der Waals surface area contributed by atoms with E-state index in [1.807, 2.05) is 24.4 Å². The summed E-state index contributed by atoms with van der Waals surface area (Å²) < 4.78 is 0. The van der Waals surface area contributed by atoms with Gasteiger partial charge in [-0.15, -0.1) is 11.3 Å². The van der Waals surface area contributed by atoms with Gasteiger partial charge in [0.1, 0.15) is 5.60 Å². The molecule has 1 rings (SSSR count). The van der Waals surface area contributed by atoms with E-state index in [0.717, 1.165) is 11.3 Å². The second-order valence-electron chi connectivity index (χ2n) is 3.41. The number of aliphatic hydroxyl groups is 1. The Morgan fingerprint density at radius 1 is 1.58 bits per heavy atom. The van der Waals surface area contributed by atoms with Crippen LogP contribution in [-0.2, 0) is 5.60 Å². The summed E-state index contributed by atoms with van der Waals surface area (Å²) in [7, 11) is 0. The summed E-state index contributed by atoms with van der Waals surface area (Å²) in [6.07, 6.45) is 0.783. The van der Waals surface area contributed by atoms with Gasteiger partial charge in [-0.05, 0) is 23.8 Å². The van der Waals surface area contributed by atoms with Crippen molar-refractivity contribution in [1.82, 2.24) is 0 Å². The van der Waals surface area contributed by atoms with Crippen molar-refractivity contribution in [3.05, 3.63) is 22.4 Å². The van der Waals surface area contributed by atoms with Crippen LogP contribution in [0.15, 0.2) is 17.5 Å². The molecule has 1 N–H and O–H groups in total. The molecule has 0 saturated carbocycles. The molecule has 0 radical (unpaired) electrons. The fraction of sp³-hybridized carbons (Fsp3) is 0.600. The minimum absolute atomic E-state index is 0.279. The summed E-state index contributed by atoms with van der Waals surface area (Å²) in [5.41, 5.74) is -0.617. The first-order chi connectivity index (χ1) is 5.61. The van der Waals surface area contributed by atoms with E-state index in [4.69, 9.17) is 0 Å². The number of hydrogen-bond acceptors (Lipinski definition) is 2. The standard InChI is InChI=1S/C10H16OS/c1-4-10(11,8(2)3)9-6-5-7-12-9/h5-8,11H,4H2,1-3H3. The highest BCUT2D eigenvalue weighted by molar-refractivity contribution is 7.10. The molecule has 1 unspecified atom stereocenters. The van der Waals surface area contributed by atoms with Crippen molar-refractivity contribution in [2.75, 3.05) is 0 Å². The maximum Gasteiger partial charge on any atom is 0.101 e.